The summed E-state index contributed by atoms with van der Waals surface area (Å²) in [7, 11) is 0. The number of nitrogens with zero attached hydrogens (tertiary/aromatic N) is 1. The second kappa shape index (κ2) is 6.43. The van der Waals surface area contributed by atoms with E-state index in [4.69, 9.17) is 21.6 Å². The standard InChI is InChI=1S/C17H14ClNO2/c1-11-3-4-13(7-12(11)2)9-17(20)21-16-6-5-14(10-19)8-15(16)18/h3-8H,9H2,1-2H3. The van der Waals surface area contributed by atoms with Crippen molar-refractivity contribution in [2.45, 2.75) is 20.3 Å². The number of rotatable bonds is 3. The normalized spacial score (nSPS) is 10.0. The van der Waals surface area contributed by atoms with Crippen LogP contribution in [-0.4, -0.2) is 5.97 Å². The molecule has 106 valence electrons. The van der Waals surface area contributed by atoms with E-state index in [1.165, 1.54) is 17.7 Å². The molecule has 0 amide bonds. The smallest absolute Gasteiger partial charge is 0.315 e. The Kier molecular flexibility index (Phi) is 4.62. The first-order chi connectivity index (χ1) is 9.99. The number of halogens is 1. The summed E-state index contributed by atoms with van der Waals surface area (Å²) in [5.41, 5.74) is 3.64. The number of nitriles is 1. The minimum absolute atomic E-state index is 0.178. The molecule has 2 aromatic rings. The third-order valence-corrected chi connectivity index (χ3v) is 3.50. The van der Waals surface area contributed by atoms with Crippen LogP contribution in [0.3, 0.4) is 0 Å². The van der Waals surface area contributed by atoms with Gasteiger partial charge >= 0.3 is 5.97 Å². The molecule has 2 rings (SSSR count). The molecule has 0 N–H and O–H groups in total. The SMILES string of the molecule is Cc1ccc(CC(=O)Oc2ccc(C#N)cc2Cl)cc1C. The fourth-order valence-electron chi connectivity index (χ4n) is 1.89. The number of benzene rings is 2. The number of carbonyl (C=O) groups is 1. The lowest BCUT2D eigenvalue weighted by Crippen LogP contribution is -2.11. The lowest BCUT2D eigenvalue weighted by molar-refractivity contribution is -0.133. The molecule has 0 aliphatic rings. The Morgan fingerprint density at radius 3 is 2.57 bits per heavy atom. The van der Waals surface area contributed by atoms with Gasteiger partial charge in [-0.05, 0) is 48.7 Å². The lowest BCUT2D eigenvalue weighted by Gasteiger charge is -2.08. The van der Waals surface area contributed by atoms with Crippen molar-refractivity contribution < 1.29 is 9.53 Å². The highest BCUT2D eigenvalue weighted by Gasteiger charge is 2.10. The number of carbonyl (C=O) groups excluding carboxylic acids is 1. The molecule has 0 radical (unpaired) electrons. The van der Waals surface area contributed by atoms with E-state index in [0.29, 0.717) is 5.56 Å². The summed E-state index contributed by atoms with van der Waals surface area (Å²) >= 11 is 5.97. The van der Waals surface area contributed by atoms with Gasteiger partial charge in [0, 0.05) is 0 Å². The molecule has 4 heteroatoms. The predicted molar refractivity (Wildman–Crippen MR) is 81.4 cm³/mol. The average molecular weight is 300 g/mol. The van der Waals surface area contributed by atoms with Crippen LogP contribution in [0.4, 0.5) is 0 Å². The molecule has 21 heavy (non-hydrogen) atoms. The highest BCUT2D eigenvalue weighted by Crippen LogP contribution is 2.25. The van der Waals surface area contributed by atoms with E-state index in [-0.39, 0.29) is 23.2 Å². The maximum absolute atomic E-state index is 11.9. The fraction of sp³-hybridized carbons (Fsp3) is 0.176. The second-order valence-corrected chi connectivity index (χ2v) is 5.23. The third kappa shape index (κ3) is 3.84. The van der Waals surface area contributed by atoms with Crippen molar-refractivity contribution >= 4 is 17.6 Å². The van der Waals surface area contributed by atoms with E-state index < -0.39 is 0 Å². The predicted octanol–water partition coefficient (Wildman–Crippen LogP) is 3.98. The summed E-state index contributed by atoms with van der Waals surface area (Å²) in [6, 6.07) is 12.4. The molecule has 0 atom stereocenters. The summed E-state index contributed by atoms with van der Waals surface area (Å²) < 4.78 is 5.24. The van der Waals surface area contributed by atoms with Crippen LogP contribution >= 0.6 is 11.6 Å². The number of esters is 1. The van der Waals surface area contributed by atoms with Crippen LogP contribution in [0.2, 0.25) is 5.02 Å². The van der Waals surface area contributed by atoms with E-state index in [2.05, 4.69) is 0 Å². The van der Waals surface area contributed by atoms with Crippen molar-refractivity contribution in [2.24, 2.45) is 0 Å². The Hall–Kier alpha value is -2.31. The first-order valence-electron chi connectivity index (χ1n) is 6.46. The molecule has 0 heterocycles. The Balaban J connectivity index is 2.08. The molecular weight excluding hydrogens is 286 g/mol. The summed E-state index contributed by atoms with van der Waals surface area (Å²) in [6.45, 7) is 4.02. The molecular formula is C17H14ClNO2. The molecule has 0 spiro atoms. The van der Waals surface area contributed by atoms with Crippen molar-refractivity contribution in [3.63, 3.8) is 0 Å². The average Bonchev–Trinajstić information content (AvgIpc) is 2.45. The second-order valence-electron chi connectivity index (χ2n) is 4.83. The highest BCUT2D eigenvalue weighted by molar-refractivity contribution is 6.32. The van der Waals surface area contributed by atoms with E-state index in [1.807, 2.05) is 38.1 Å². The molecule has 0 aliphatic heterocycles. The number of aryl methyl sites for hydroxylation is 2. The van der Waals surface area contributed by atoms with Crippen LogP contribution in [-0.2, 0) is 11.2 Å². The zero-order chi connectivity index (χ0) is 15.4. The van der Waals surface area contributed by atoms with Crippen LogP contribution in [0, 0.1) is 25.2 Å². The van der Waals surface area contributed by atoms with Crippen molar-refractivity contribution in [2.75, 3.05) is 0 Å². The third-order valence-electron chi connectivity index (χ3n) is 3.20. The van der Waals surface area contributed by atoms with E-state index in [1.54, 1.807) is 6.07 Å². The number of hydrogen-bond acceptors (Lipinski definition) is 3. The molecule has 3 nitrogen and oxygen atoms in total. The van der Waals surface area contributed by atoms with Gasteiger partial charge in [0.05, 0.1) is 23.1 Å². The van der Waals surface area contributed by atoms with Crippen LogP contribution in [0.5, 0.6) is 5.75 Å². The van der Waals surface area contributed by atoms with Crippen LogP contribution in [0.1, 0.15) is 22.3 Å². The zero-order valence-electron chi connectivity index (χ0n) is 11.8. The molecule has 0 unspecified atom stereocenters. The molecule has 0 aliphatic carbocycles. The Labute approximate surface area is 128 Å². The van der Waals surface area contributed by atoms with Crippen LogP contribution in [0.15, 0.2) is 36.4 Å². The number of hydrogen-bond donors (Lipinski definition) is 0. The van der Waals surface area contributed by atoms with Crippen molar-refractivity contribution in [3.05, 3.63) is 63.7 Å². The van der Waals surface area contributed by atoms with E-state index in [9.17, 15) is 4.79 Å². The quantitative estimate of drug-likeness (QED) is 0.636. The molecule has 0 saturated heterocycles. The molecule has 2 aromatic carbocycles. The Morgan fingerprint density at radius 2 is 1.95 bits per heavy atom. The molecule has 0 bridgehead atoms. The molecule has 0 saturated carbocycles. The Bertz CT molecular complexity index is 732. The van der Waals surface area contributed by atoms with Gasteiger partial charge in [0.15, 0.2) is 0 Å². The lowest BCUT2D eigenvalue weighted by atomic mass is 10.0. The van der Waals surface area contributed by atoms with Gasteiger partial charge in [0.25, 0.3) is 0 Å². The first kappa shape index (κ1) is 15.1. The van der Waals surface area contributed by atoms with E-state index >= 15 is 0 Å². The van der Waals surface area contributed by atoms with Crippen LogP contribution in [0.25, 0.3) is 0 Å². The van der Waals surface area contributed by atoms with Gasteiger partial charge < -0.3 is 4.74 Å². The Morgan fingerprint density at radius 1 is 1.19 bits per heavy atom. The van der Waals surface area contributed by atoms with Crippen molar-refractivity contribution in [3.8, 4) is 11.8 Å². The maximum atomic E-state index is 11.9. The van der Waals surface area contributed by atoms with Crippen molar-refractivity contribution in [1.29, 1.82) is 5.26 Å². The fourth-order valence-corrected chi connectivity index (χ4v) is 2.11. The van der Waals surface area contributed by atoms with Gasteiger partial charge in [-0.2, -0.15) is 5.26 Å². The summed E-state index contributed by atoms with van der Waals surface area (Å²) in [5.74, 6) is -0.116. The van der Waals surface area contributed by atoms with Gasteiger partial charge in [-0.3, -0.25) is 4.79 Å². The highest BCUT2D eigenvalue weighted by atomic mass is 35.5. The molecule has 0 fully saturated rings. The first-order valence-corrected chi connectivity index (χ1v) is 6.84. The number of ether oxygens (including phenoxy) is 1. The van der Waals surface area contributed by atoms with Gasteiger partial charge in [0.1, 0.15) is 5.75 Å². The van der Waals surface area contributed by atoms with Crippen molar-refractivity contribution in [1.82, 2.24) is 0 Å². The monoisotopic (exact) mass is 299 g/mol. The van der Waals surface area contributed by atoms with Gasteiger partial charge in [-0.1, -0.05) is 29.8 Å². The summed E-state index contributed by atoms with van der Waals surface area (Å²) in [5, 5.41) is 9.01. The minimum Gasteiger partial charge on any atom is -0.425 e. The minimum atomic E-state index is -0.384. The summed E-state index contributed by atoms with van der Waals surface area (Å²) in [6.07, 6.45) is 0.178. The van der Waals surface area contributed by atoms with Gasteiger partial charge in [-0.15, -0.1) is 0 Å². The zero-order valence-corrected chi connectivity index (χ0v) is 12.6. The topological polar surface area (TPSA) is 50.1 Å². The largest absolute Gasteiger partial charge is 0.425 e. The summed E-state index contributed by atoms with van der Waals surface area (Å²) in [4.78, 5) is 11.9. The molecule has 0 aromatic heterocycles. The van der Waals surface area contributed by atoms with Crippen LogP contribution < -0.4 is 4.74 Å². The van der Waals surface area contributed by atoms with E-state index in [0.717, 1.165) is 11.1 Å². The maximum Gasteiger partial charge on any atom is 0.315 e. The van der Waals surface area contributed by atoms with Gasteiger partial charge in [-0.25, -0.2) is 0 Å². The van der Waals surface area contributed by atoms with Gasteiger partial charge in [0.2, 0.25) is 0 Å².